The number of hydrogen-bond donors (Lipinski definition) is 2. The van der Waals surface area contributed by atoms with Gasteiger partial charge in [0.2, 0.25) is 11.8 Å². The van der Waals surface area contributed by atoms with Gasteiger partial charge in [-0.2, -0.15) is 13.2 Å². The molecule has 23 heavy (non-hydrogen) atoms. The number of nitrogens with zero attached hydrogens (tertiary/aromatic N) is 1. The number of carbonyl (C=O) groups excluding carboxylic acids is 2. The Morgan fingerprint density at radius 1 is 1.35 bits per heavy atom. The van der Waals surface area contributed by atoms with E-state index in [1.54, 1.807) is 7.05 Å². The van der Waals surface area contributed by atoms with E-state index in [1.807, 2.05) is 4.90 Å². The highest BCUT2D eigenvalue weighted by Gasteiger charge is 2.31. The Hall–Kier alpha value is -2.09. The summed E-state index contributed by atoms with van der Waals surface area (Å²) in [6.45, 7) is 1.12. The van der Waals surface area contributed by atoms with E-state index in [0.717, 1.165) is 12.1 Å². The molecule has 0 aromatic heterocycles. The van der Waals surface area contributed by atoms with Crippen LogP contribution in [0.1, 0.15) is 12.0 Å². The molecule has 8 heteroatoms. The molecule has 1 unspecified atom stereocenters. The molecule has 2 amide bonds. The highest BCUT2D eigenvalue weighted by Crippen LogP contribution is 2.30. The molecular formula is C15H18F3N3O2. The number of hydrogen-bond acceptors (Lipinski definition) is 3. The quantitative estimate of drug-likeness (QED) is 0.884. The minimum atomic E-state index is -4.45. The van der Waals surface area contributed by atoms with Gasteiger partial charge in [0, 0.05) is 19.3 Å². The number of alkyl halides is 3. The second-order valence-corrected chi connectivity index (χ2v) is 5.46. The van der Waals surface area contributed by atoms with E-state index in [0.29, 0.717) is 19.5 Å². The fourth-order valence-electron chi connectivity index (χ4n) is 2.57. The Bertz CT molecular complexity index is 590. The van der Waals surface area contributed by atoms with Gasteiger partial charge < -0.3 is 10.6 Å². The summed E-state index contributed by atoms with van der Waals surface area (Å²) >= 11 is 0. The lowest BCUT2D eigenvalue weighted by Crippen LogP contribution is -2.34. The van der Waals surface area contributed by atoms with Crippen LogP contribution in [-0.4, -0.2) is 43.4 Å². The van der Waals surface area contributed by atoms with Crippen LogP contribution in [-0.2, 0) is 15.8 Å². The van der Waals surface area contributed by atoms with Crippen LogP contribution in [0.2, 0.25) is 0 Å². The molecule has 0 spiro atoms. The monoisotopic (exact) mass is 329 g/mol. The molecule has 2 N–H and O–H groups in total. The van der Waals surface area contributed by atoms with Crippen LogP contribution in [0.15, 0.2) is 24.3 Å². The maximum absolute atomic E-state index is 12.6. The Kier molecular flexibility index (Phi) is 5.25. The summed E-state index contributed by atoms with van der Waals surface area (Å²) in [4.78, 5) is 25.3. The number of amides is 2. The van der Waals surface area contributed by atoms with E-state index in [-0.39, 0.29) is 24.1 Å². The third-order valence-electron chi connectivity index (χ3n) is 3.73. The van der Waals surface area contributed by atoms with Crippen molar-refractivity contribution >= 4 is 17.5 Å². The number of nitrogens with one attached hydrogen (secondary N) is 2. The molecule has 0 saturated carbocycles. The maximum Gasteiger partial charge on any atom is 0.416 e. The first-order chi connectivity index (χ1) is 10.8. The first-order valence-electron chi connectivity index (χ1n) is 7.20. The molecular weight excluding hydrogens is 311 g/mol. The lowest BCUT2D eigenvalue weighted by molar-refractivity contribution is -0.137. The van der Waals surface area contributed by atoms with Gasteiger partial charge in [-0.3, -0.25) is 14.5 Å². The van der Waals surface area contributed by atoms with Crippen molar-refractivity contribution in [2.75, 3.05) is 32.0 Å². The molecule has 0 aliphatic carbocycles. The molecule has 1 fully saturated rings. The zero-order chi connectivity index (χ0) is 17.0. The minimum Gasteiger partial charge on any atom is -0.359 e. The van der Waals surface area contributed by atoms with E-state index >= 15 is 0 Å². The van der Waals surface area contributed by atoms with E-state index < -0.39 is 17.6 Å². The molecule has 1 saturated heterocycles. The number of likely N-dealkylation sites (tertiary alicyclic amines) is 1. The van der Waals surface area contributed by atoms with Crippen molar-refractivity contribution in [1.29, 1.82) is 0 Å². The largest absolute Gasteiger partial charge is 0.416 e. The Morgan fingerprint density at radius 2 is 2.09 bits per heavy atom. The average Bonchev–Trinajstić information content (AvgIpc) is 2.94. The lowest BCUT2D eigenvalue weighted by Gasteiger charge is -2.16. The molecule has 1 aliphatic heterocycles. The van der Waals surface area contributed by atoms with E-state index in [2.05, 4.69) is 10.6 Å². The van der Waals surface area contributed by atoms with E-state index in [1.165, 1.54) is 12.1 Å². The highest BCUT2D eigenvalue weighted by molar-refractivity contribution is 5.92. The van der Waals surface area contributed by atoms with Crippen LogP contribution in [0.25, 0.3) is 0 Å². The summed E-state index contributed by atoms with van der Waals surface area (Å²) in [5, 5.41) is 5.03. The smallest absolute Gasteiger partial charge is 0.359 e. The molecule has 2 rings (SSSR count). The van der Waals surface area contributed by atoms with Gasteiger partial charge in [-0.15, -0.1) is 0 Å². The van der Waals surface area contributed by atoms with Crippen molar-refractivity contribution in [3.63, 3.8) is 0 Å². The molecule has 1 aromatic rings. The van der Waals surface area contributed by atoms with Crippen LogP contribution in [0.3, 0.4) is 0 Å². The molecule has 1 atom stereocenters. The second-order valence-electron chi connectivity index (χ2n) is 5.46. The topological polar surface area (TPSA) is 61.4 Å². The van der Waals surface area contributed by atoms with Crippen LogP contribution in [0.4, 0.5) is 18.9 Å². The van der Waals surface area contributed by atoms with Crippen molar-refractivity contribution in [3.05, 3.63) is 29.8 Å². The van der Waals surface area contributed by atoms with E-state index in [4.69, 9.17) is 0 Å². The average molecular weight is 329 g/mol. The van der Waals surface area contributed by atoms with Gasteiger partial charge in [0.05, 0.1) is 18.0 Å². The Balaban J connectivity index is 1.90. The molecule has 1 aromatic carbocycles. The molecule has 1 heterocycles. The molecule has 0 bridgehead atoms. The number of benzene rings is 1. The van der Waals surface area contributed by atoms with Crippen molar-refractivity contribution in [3.8, 4) is 0 Å². The fraction of sp³-hybridized carbons (Fsp3) is 0.467. The number of anilines is 1. The summed E-state index contributed by atoms with van der Waals surface area (Å²) in [7, 11) is 1.56. The fourth-order valence-corrected chi connectivity index (χ4v) is 2.57. The predicted molar refractivity (Wildman–Crippen MR) is 78.7 cm³/mol. The van der Waals surface area contributed by atoms with Gasteiger partial charge in [-0.1, -0.05) is 6.07 Å². The third kappa shape index (κ3) is 4.69. The second kappa shape index (κ2) is 6.99. The summed E-state index contributed by atoms with van der Waals surface area (Å²) in [6.07, 6.45) is -3.78. The van der Waals surface area contributed by atoms with Gasteiger partial charge in [0.25, 0.3) is 0 Å². The zero-order valence-electron chi connectivity index (χ0n) is 12.6. The summed E-state index contributed by atoms with van der Waals surface area (Å²) < 4.78 is 37.9. The van der Waals surface area contributed by atoms with Crippen LogP contribution in [0, 0.1) is 5.92 Å². The number of carbonyl (C=O) groups is 2. The number of halogens is 3. The zero-order valence-corrected chi connectivity index (χ0v) is 12.6. The normalized spacial score (nSPS) is 18.7. The van der Waals surface area contributed by atoms with Crippen LogP contribution < -0.4 is 10.6 Å². The predicted octanol–water partition coefficient (Wildman–Crippen LogP) is 1.71. The molecule has 0 radical (unpaired) electrons. The van der Waals surface area contributed by atoms with Crippen LogP contribution in [0.5, 0.6) is 0 Å². The molecule has 126 valence electrons. The van der Waals surface area contributed by atoms with Crippen molar-refractivity contribution in [1.82, 2.24) is 10.2 Å². The van der Waals surface area contributed by atoms with Gasteiger partial charge in [0.1, 0.15) is 0 Å². The van der Waals surface area contributed by atoms with Crippen molar-refractivity contribution in [2.24, 2.45) is 5.92 Å². The molecule has 1 aliphatic rings. The Labute approximate surface area is 131 Å². The van der Waals surface area contributed by atoms with E-state index in [9.17, 15) is 22.8 Å². The number of rotatable bonds is 4. The first kappa shape index (κ1) is 17.3. The standard InChI is InChI=1S/C15H18F3N3O2/c1-19-14(23)10-5-6-21(8-10)9-13(22)20-12-4-2-3-11(7-12)15(16,17)18/h2-4,7,10H,5-6,8-9H2,1H3,(H,19,23)(H,20,22). The van der Waals surface area contributed by atoms with Gasteiger partial charge in [-0.05, 0) is 31.2 Å². The summed E-state index contributed by atoms with van der Waals surface area (Å²) in [5.74, 6) is -0.617. The maximum atomic E-state index is 12.6. The van der Waals surface area contributed by atoms with Gasteiger partial charge in [-0.25, -0.2) is 0 Å². The van der Waals surface area contributed by atoms with Crippen molar-refractivity contribution < 1.29 is 22.8 Å². The van der Waals surface area contributed by atoms with Crippen molar-refractivity contribution in [2.45, 2.75) is 12.6 Å². The Morgan fingerprint density at radius 3 is 2.74 bits per heavy atom. The van der Waals surface area contributed by atoms with Gasteiger partial charge in [0.15, 0.2) is 0 Å². The SMILES string of the molecule is CNC(=O)C1CCN(CC(=O)Nc2cccc(C(F)(F)F)c2)C1. The lowest BCUT2D eigenvalue weighted by atomic mass is 10.1. The summed E-state index contributed by atoms with van der Waals surface area (Å²) in [5.41, 5.74) is -0.706. The minimum absolute atomic E-state index is 0.0454. The molecule has 5 nitrogen and oxygen atoms in total. The third-order valence-corrected chi connectivity index (χ3v) is 3.73. The highest BCUT2D eigenvalue weighted by atomic mass is 19.4. The van der Waals surface area contributed by atoms with Gasteiger partial charge >= 0.3 is 6.18 Å². The first-order valence-corrected chi connectivity index (χ1v) is 7.20. The summed E-state index contributed by atoms with van der Waals surface area (Å²) in [6, 6.07) is 4.50. The van der Waals surface area contributed by atoms with Crippen LogP contribution >= 0.6 is 0 Å².